The number of sulfone groups is 1. The maximum absolute atomic E-state index is 11.2. The molecule has 1 rings (SSSR count). The minimum atomic E-state index is -3.11. The Morgan fingerprint density at radius 1 is 1.19 bits per heavy atom. The summed E-state index contributed by atoms with van der Waals surface area (Å²) in [5.41, 5.74) is 1.06. The monoisotopic (exact) mass is 238 g/mol. The van der Waals surface area contributed by atoms with Gasteiger partial charge in [-0.1, -0.05) is 18.2 Å². The lowest BCUT2D eigenvalue weighted by Gasteiger charge is -2.01. The Hall–Kier alpha value is -1.42. The Balaban J connectivity index is 2.65. The van der Waals surface area contributed by atoms with Gasteiger partial charge in [-0.05, 0) is 36.6 Å². The van der Waals surface area contributed by atoms with E-state index in [4.69, 9.17) is 0 Å². The van der Waals surface area contributed by atoms with Crippen LogP contribution < -0.4 is 0 Å². The smallest absolute Gasteiger partial charge is 0.175 e. The van der Waals surface area contributed by atoms with Crippen molar-refractivity contribution in [2.75, 3.05) is 6.26 Å². The molecule has 0 bridgehead atoms. The summed E-state index contributed by atoms with van der Waals surface area (Å²) in [6.07, 6.45) is 6.76. The summed E-state index contributed by atoms with van der Waals surface area (Å²) < 4.78 is 22.4. The zero-order valence-electron chi connectivity index (χ0n) is 9.09. The van der Waals surface area contributed by atoms with Crippen LogP contribution in [0.2, 0.25) is 0 Å². The summed E-state index contributed by atoms with van der Waals surface area (Å²) in [6.45, 7) is 0. The molecule has 1 aromatic carbocycles. The molecule has 0 aliphatic carbocycles. The number of aldehydes is 1. The maximum atomic E-state index is 11.2. The van der Waals surface area contributed by atoms with E-state index < -0.39 is 9.84 Å². The van der Waals surface area contributed by atoms with Crippen molar-refractivity contribution in [1.29, 1.82) is 0 Å². The second kappa shape index (κ2) is 5.61. The van der Waals surface area contributed by atoms with Crippen LogP contribution in [0.4, 0.5) is 0 Å². The normalized spacial score (nSPS) is 11.8. The predicted octanol–water partition coefficient (Wildman–Crippen LogP) is 1.78. The molecule has 0 aliphatic rings. The number of allylic oxidation sites excluding steroid dienone is 2. The molecule has 0 saturated carbocycles. The fourth-order valence-corrected chi connectivity index (χ4v) is 1.94. The first kappa shape index (κ1) is 12.6. The molecule has 86 valence electrons. The molecule has 0 aromatic heterocycles. The number of carbonyl (C=O) groups excluding carboxylic acids is 1. The first-order chi connectivity index (χ1) is 7.54. The van der Waals surface area contributed by atoms with Gasteiger partial charge in [0.1, 0.15) is 6.29 Å². The second-order valence-corrected chi connectivity index (χ2v) is 5.53. The summed E-state index contributed by atoms with van der Waals surface area (Å²) in [5, 5.41) is 0. The number of aryl methyl sites for hydroxylation is 1. The second-order valence-electron chi connectivity index (χ2n) is 3.52. The molecule has 0 fully saturated rings. The molecule has 0 saturated heterocycles. The summed E-state index contributed by atoms with van der Waals surface area (Å²) in [6, 6.07) is 6.80. The molecule has 3 nitrogen and oxygen atoms in total. The van der Waals surface area contributed by atoms with Crippen LogP contribution in [0.15, 0.2) is 41.3 Å². The van der Waals surface area contributed by atoms with Gasteiger partial charge in [0.25, 0.3) is 0 Å². The minimum absolute atomic E-state index is 0.333. The van der Waals surface area contributed by atoms with Gasteiger partial charge in [-0.25, -0.2) is 8.42 Å². The van der Waals surface area contributed by atoms with Gasteiger partial charge < -0.3 is 0 Å². The summed E-state index contributed by atoms with van der Waals surface area (Å²) in [5.74, 6) is 0. The maximum Gasteiger partial charge on any atom is 0.175 e. The molecule has 4 heteroatoms. The van der Waals surface area contributed by atoms with Gasteiger partial charge in [-0.3, -0.25) is 4.79 Å². The van der Waals surface area contributed by atoms with Crippen LogP contribution in [0.5, 0.6) is 0 Å². The van der Waals surface area contributed by atoms with Gasteiger partial charge in [0.15, 0.2) is 9.84 Å². The molecule has 1 aromatic rings. The Morgan fingerprint density at radius 3 is 2.31 bits per heavy atom. The van der Waals surface area contributed by atoms with Gasteiger partial charge in [0.05, 0.1) is 4.90 Å². The molecule has 0 spiro atoms. The SMILES string of the molecule is CS(=O)(=O)c1ccc(CC/C=C/C=O)cc1. The first-order valence-electron chi connectivity index (χ1n) is 4.93. The number of hydrogen-bond donors (Lipinski definition) is 0. The molecular weight excluding hydrogens is 224 g/mol. The Morgan fingerprint density at radius 2 is 1.81 bits per heavy atom. The van der Waals surface area contributed by atoms with Crippen molar-refractivity contribution in [2.45, 2.75) is 17.7 Å². The molecule has 0 radical (unpaired) electrons. The first-order valence-corrected chi connectivity index (χ1v) is 6.82. The van der Waals surface area contributed by atoms with E-state index in [-0.39, 0.29) is 0 Å². The highest BCUT2D eigenvalue weighted by Gasteiger charge is 2.05. The Bertz CT molecular complexity index is 469. The fourth-order valence-electron chi connectivity index (χ4n) is 1.31. The lowest BCUT2D eigenvalue weighted by Crippen LogP contribution is -1.96. The average molecular weight is 238 g/mol. The van der Waals surface area contributed by atoms with E-state index in [1.54, 1.807) is 30.3 Å². The number of rotatable bonds is 5. The van der Waals surface area contributed by atoms with Crippen LogP contribution >= 0.6 is 0 Å². The van der Waals surface area contributed by atoms with Gasteiger partial charge in [0, 0.05) is 6.26 Å². The lowest BCUT2D eigenvalue weighted by molar-refractivity contribution is -0.104. The average Bonchev–Trinajstić information content (AvgIpc) is 2.24. The highest BCUT2D eigenvalue weighted by atomic mass is 32.2. The van der Waals surface area contributed by atoms with Crippen LogP contribution in [0.3, 0.4) is 0 Å². The molecule has 16 heavy (non-hydrogen) atoms. The van der Waals surface area contributed by atoms with Crippen LogP contribution in [0.25, 0.3) is 0 Å². The van der Waals surface area contributed by atoms with E-state index in [2.05, 4.69) is 0 Å². The highest BCUT2D eigenvalue weighted by Crippen LogP contribution is 2.11. The van der Waals surface area contributed by atoms with E-state index >= 15 is 0 Å². The van der Waals surface area contributed by atoms with Crippen LogP contribution in [-0.4, -0.2) is 21.0 Å². The van der Waals surface area contributed by atoms with E-state index in [0.717, 1.165) is 24.7 Å². The van der Waals surface area contributed by atoms with Crippen molar-refractivity contribution in [3.63, 3.8) is 0 Å². The van der Waals surface area contributed by atoms with E-state index in [0.29, 0.717) is 4.90 Å². The topological polar surface area (TPSA) is 51.2 Å². The number of carbonyl (C=O) groups is 1. The zero-order chi connectivity index (χ0) is 12.0. The van der Waals surface area contributed by atoms with Crippen molar-refractivity contribution in [3.8, 4) is 0 Å². The van der Waals surface area contributed by atoms with E-state index in [1.165, 1.54) is 12.3 Å². The molecule has 0 atom stereocenters. The van der Waals surface area contributed by atoms with Crippen molar-refractivity contribution in [2.24, 2.45) is 0 Å². The molecule has 0 amide bonds. The van der Waals surface area contributed by atoms with Gasteiger partial charge in [-0.15, -0.1) is 0 Å². The quantitative estimate of drug-likeness (QED) is 0.580. The Labute approximate surface area is 95.7 Å². The van der Waals surface area contributed by atoms with Crippen molar-refractivity contribution < 1.29 is 13.2 Å². The summed E-state index contributed by atoms with van der Waals surface area (Å²) >= 11 is 0. The molecule has 0 N–H and O–H groups in total. The third-order valence-corrected chi connectivity index (χ3v) is 3.29. The van der Waals surface area contributed by atoms with Crippen molar-refractivity contribution >= 4 is 16.1 Å². The molecule has 0 heterocycles. The third-order valence-electron chi connectivity index (χ3n) is 2.17. The minimum Gasteiger partial charge on any atom is -0.299 e. The van der Waals surface area contributed by atoms with Crippen LogP contribution in [0, 0.1) is 0 Å². The van der Waals surface area contributed by atoms with Gasteiger partial charge >= 0.3 is 0 Å². The van der Waals surface area contributed by atoms with Gasteiger partial charge in [-0.2, -0.15) is 0 Å². The third kappa shape index (κ3) is 3.98. The van der Waals surface area contributed by atoms with Crippen molar-refractivity contribution in [3.05, 3.63) is 42.0 Å². The zero-order valence-corrected chi connectivity index (χ0v) is 9.91. The Kier molecular flexibility index (Phi) is 4.43. The highest BCUT2D eigenvalue weighted by molar-refractivity contribution is 7.90. The van der Waals surface area contributed by atoms with Crippen LogP contribution in [0.1, 0.15) is 12.0 Å². The lowest BCUT2D eigenvalue weighted by atomic mass is 10.1. The summed E-state index contributed by atoms with van der Waals surface area (Å²) in [7, 11) is -3.11. The predicted molar refractivity (Wildman–Crippen MR) is 63.1 cm³/mol. The van der Waals surface area contributed by atoms with Crippen molar-refractivity contribution in [1.82, 2.24) is 0 Å². The van der Waals surface area contributed by atoms with E-state index in [9.17, 15) is 13.2 Å². The number of hydrogen-bond acceptors (Lipinski definition) is 3. The summed E-state index contributed by atoms with van der Waals surface area (Å²) in [4.78, 5) is 10.4. The molecule has 0 aliphatic heterocycles. The molecular formula is C12H14O3S. The standard InChI is InChI=1S/C12H14O3S/c1-16(14,15)12-8-6-11(7-9-12)5-3-2-4-10-13/h2,4,6-10H,3,5H2,1H3/b4-2+. The van der Waals surface area contributed by atoms with Gasteiger partial charge in [0.2, 0.25) is 0 Å². The molecule has 0 unspecified atom stereocenters. The fraction of sp³-hybridized carbons (Fsp3) is 0.250. The van der Waals surface area contributed by atoms with E-state index in [1.807, 2.05) is 0 Å². The largest absolute Gasteiger partial charge is 0.299 e. The number of benzene rings is 1. The van der Waals surface area contributed by atoms with Crippen LogP contribution in [-0.2, 0) is 21.1 Å².